The Hall–Kier alpha value is -2.18. The van der Waals surface area contributed by atoms with Gasteiger partial charge in [-0.2, -0.15) is 0 Å². The Morgan fingerprint density at radius 2 is 0.704 bits per heavy atom. The highest BCUT2D eigenvalue weighted by Crippen LogP contribution is 2.17. The van der Waals surface area contributed by atoms with Gasteiger partial charge in [-0.1, -0.05) is 287 Å². The number of carbonyl (C=O) groups is 2. The molecule has 1 amide bonds. The second-order valence-corrected chi connectivity index (χ2v) is 21.4. The Labute approximate surface area is 442 Å². The van der Waals surface area contributed by atoms with Crippen molar-refractivity contribution >= 4 is 11.9 Å². The van der Waals surface area contributed by atoms with E-state index >= 15 is 0 Å². The van der Waals surface area contributed by atoms with E-state index in [4.69, 9.17) is 4.74 Å². The summed E-state index contributed by atoms with van der Waals surface area (Å²) < 4.78 is 5.40. The first-order valence-corrected chi connectivity index (χ1v) is 31.4. The van der Waals surface area contributed by atoms with Crippen LogP contribution in [0.4, 0.5) is 0 Å². The third-order valence-corrected chi connectivity index (χ3v) is 14.3. The molecule has 2 unspecified atom stereocenters. The van der Waals surface area contributed by atoms with Gasteiger partial charge in [0, 0.05) is 12.8 Å². The molecule has 0 spiro atoms. The number of aliphatic hydroxyl groups excluding tert-OH is 2. The summed E-state index contributed by atoms with van der Waals surface area (Å²) in [6, 6.07) is -0.633. The van der Waals surface area contributed by atoms with Crippen LogP contribution in [0.3, 0.4) is 0 Å². The van der Waals surface area contributed by atoms with E-state index in [9.17, 15) is 19.8 Å². The maximum atomic E-state index is 12.5. The number of rotatable bonds is 58. The van der Waals surface area contributed by atoms with E-state index in [1.54, 1.807) is 6.08 Å². The Morgan fingerprint density at radius 3 is 1.11 bits per heavy atom. The van der Waals surface area contributed by atoms with Gasteiger partial charge in [-0.15, -0.1) is 0 Å². The number of hydrogen-bond donors (Lipinski definition) is 3. The molecule has 0 saturated carbocycles. The van der Waals surface area contributed by atoms with Gasteiger partial charge in [0.25, 0.3) is 0 Å². The zero-order valence-electron chi connectivity index (χ0n) is 47.5. The fourth-order valence-corrected chi connectivity index (χ4v) is 9.53. The molecule has 3 N–H and O–H groups in total. The predicted molar refractivity (Wildman–Crippen MR) is 310 cm³/mol. The van der Waals surface area contributed by atoms with Crippen LogP contribution in [0.2, 0.25) is 0 Å². The molecule has 0 rings (SSSR count). The van der Waals surface area contributed by atoms with Crippen LogP contribution in [0.25, 0.3) is 0 Å². The molecule has 416 valence electrons. The lowest BCUT2D eigenvalue weighted by Gasteiger charge is -2.20. The number of amides is 1. The highest BCUT2D eigenvalue weighted by Gasteiger charge is 2.18. The van der Waals surface area contributed by atoms with Gasteiger partial charge in [0.1, 0.15) is 0 Å². The molecule has 2 atom stereocenters. The SMILES string of the molecule is CCCCC/C=C\CCCCCCCC(=O)OCC/C=C\C/C=C\CCCCCCCCCCCCCCCCC(=O)NC(CO)C(O)/C=C/CCCCCCCCCCCCCCCCCCCCC. The highest BCUT2D eigenvalue weighted by molar-refractivity contribution is 5.76. The number of carbonyl (C=O) groups excluding carboxylic acids is 2. The van der Waals surface area contributed by atoms with Gasteiger partial charge in [-0.3, -0.25) is 9.59 Å². The van der Waals surface area contributed by atoms with E-state index in [2.05, 4.69) is 55.6 Å². The summed E-state index contributed by atoms with van der Waals surface area (Å²) in [5.41, 5.74) is 0. The molecule has 0 saturated heterocycles. The normalized spacial score (nSPS) is 12.9. The lowest BCUT2D eigenvalue weighted by atomic mass is 10.0. The van der Waals surface area contributed by atoms with Crippen LogP contribution in [0.15, 0.2) is 48.6 Å². The number of esters is 1. The van der Waals surface area contributed by atoms with Gasteiger partial charge in [0.2, 0.25) is 5.91 Å². The molecule has 71 heavy (non-hydrogen) atoms. The molecule has 6 nitrogen and oxygen atoms in total. The Morgan fingerprint density at radius 1 is 0.394 bits per heavy atom. The van der Waals surface area contributed by atoms with Crippen molar-refractivity contribution in [2.45, 2.75) is 341 Å². The maximum absolute atomic E-state index is 12.5. The first-order valence-electron chi connectivity index (χ1n) is 31.4. The third kappa shape index (κ3) is 57.0. The van der Waals surface area contributed by atoms with E-state index < -0.39 is 12.1 Å². The summed E-state index contributed by atoms with van der Waals surface area (Å²) in [5.74, 6) is -0.117. The fraction of sp³-hybridized carbons (Fsp3) is 0.846. The zero-order valence-corrected chi connectivity index (χ0v) is 47.5. The fourth-order valence-electron chi connectivity index (χ4n) is 9.53. The molecule has 0 aliphatic carbocycles. The molecular formula is C65H121NO5. The van der Waals surface area contributed by atoms with E-state index in [-0.39, 0.29) is 18.5 Å². The van der Waals surface area contributed by atoms with Gasteiger partial charge in [0.15, 0.2) is 0 Å². The number of ether oxygens (including phenoxy) is 1. The van der Waals surface area contributed by atoms with E-state index in [1.165, 1.54) is 250 Å². The average molecular weight is 997 g/mol. The largest absolute Gasteiger partial charge is 0.465 e. The van der Waals surface area contributed by atoms with E-state index in [0.717, 1.165) is 51.4 Å². The second kappa shape index (κ2) is 60.4. The summed E-state index contributed by atoms with van der Waals surface area (Å²) in [7, 11) is 0. The molecule has 0 aromatic carbocycles. The molecule has 0 fully saturated rings. The average Bonchev–Trinajstić information content (AvgIpc) is 3.37. The van der Waals surface area contributed by atoms with Crippen molar-refractivity contribution in [2.75, 3.05) is 13.2 Å². The Balaban J connectivity index is 3.49. The smallest absolute Gasteiger partial charge is 0.305 e. The number of allylic oxidation sites excluding steroid dienone is 6. The zero-order chi connectivity index (χ0) is 51.4. The van der Waals surface area contributed by atoms with Crippen molar-refractivity contribution in [1.82, 2.24) is 5.32 Å². The predicted octanol–water partition coefficient (Wildman–Crippen LogP) is 19.7. The molecule has 0 aliphatic rings. The lowest BCUT2D eigenvalue weighted by molar-refractivity contribution is -0.143. The molecule has 0 aromatic rings. The Kier molecular flexibility index (Phi) is 58.5. The van der Waals surface area contributed by atoms with Crippen LogP contribution in [-0.2, 0) is 14.3 Å². The van der Waals surface area contributed by atoms with Crippen LogP contribution in [0.5, 0.6) is 0 Å². The minimum atomic E-state index is -0.850. The summed E-state index contributed by atoms with van der Waals surface area (Å²) in [6.07, 6.45) is 77.4. The summed E-state index contributed by atoms with van der Waals surface area (Å²) in [5, 5.41) is 23.2. The van der Waals surface area contributed by atoms with Crippen LogP contribution in [-0.4, -0.2) is 47.4 Å². The van der Waals surface area contributed by atoms with Crippen molar-refractivity contribution < 1.29 is 24.5 Å². The standard InChI is InChI=1S/C65H121NO5/c1-3-5-7-9-11-13-15-17-18-19-20-22-25-28-31-34-37-41-45-49-53-57-63(68)62(61-67)66-64(69)58-54-50-46-42-38-35-32-29-26-23-21-24-27-30-33-36-40-44-48-52-56-60-71-65(70)59-55-51-47-43-39-16-14-12-10-8-6-4-2/h12,14,36,40,48,52-53,57,62-63,67-68H,3-11,13,15-35,37-39,41-47,49-51,54-56,58-61H2,1-2H3,(H,66,69)/b14-12-,40-36-,52-48-,57-53+. The summed E-state index contributed by atoms with van der Waals surface area (Å²) in [6.45, 7) is 4.78. The monoisotopic (exact) mass is 996 g/mol. The molecule has 0 aromatic heterocycles. The number of nitrogens with one attached hydrogen (secondary N) is 1. The van der Waals surface area contributed by atoms with Gasteiger partial charge >= 0.3 is 5.97 Å². The molecule has 6 heteroatoms. The minimum Gasteiger partial charge on any atom is -0.465 e. The first-order chi connectivity index (χ1) is 35.0. The maximum Gasteiger partial charge on any atom is 0.305 e. The lowest BCUT2D eigenvalue weighted by Crippen LogP contribution is -2.45. The van der Waals surface area contributed by atoms with Gasteiger partial charge < -0.3 is 20.3 Å². The quantitative estimate of drug-likeness (QED) is 0.0321. The molecule has 0 heterocycles. The molecule has 0 aliphatic heterocycles. The van der Waals surface area contributed by atoms with Gasteiger partial charge in [-0.25, -0.2) is 0 Å². The topological polar surface area (TPSA) is 95.9 Å². The first kappa shape index (κ1) is 68.8. The molecule has 0 bridgehead atoms. The van der Waals surface area contributed by atoms with Gasteiger partial charge in [0.05, 0.1) is 25.4 Å². The number of unbranched alkanes of at least 4 members (excludes halogenated alkanes) is 41. The van der Waals surface area contributed by atoms with Crippen molar-refractivity contribution in [3.63, 3.8) is 0 Å². The van der Waals surface area contributed by atoms with Crippen LogP contribution in [0.1, 0.15) is 328 Å². The highest BCUT2D eigenvalue weighted by atomic mass is 16.5. The van der Waals surface area contributed by atoms with Crippen molar-refractivity contribution in [1.29, 1.82) is 0 Å². The van der Waals surface area contributed by atoms with Crippen LogP contribution in [0, 0.1) is 0 Å². The minimum absolute atomic E-state index is 0.0461. The second-order valence-electron chi connectivity index (χ2n) is 21.4. The number of aliphatic hydroxyl groups is 2. The molecular weight excluding hydrogens is 875 g/mol. The summed E-state index contributed by atoms with van der Waals surface area (Å²) >= 11 is 0. The Bertz CT molecular complexity index is 1190. The van der Waals surface area contributed by atoms with Crippen molar-refractivity contribution in [2.24, 2.45) is 0 Å². The van der Waals surface area contributed by atoms with Crippen LogP contribution >= 0.6 is 0 Å². The number of hydrogen-bond acceptors (Lipinski definition) is 5. The van der Waals surface area contributed by atoms with Crippen molar-refractivity contribution in [3.05, 3.63) is 48.6 Å². The van der Waals surface area contributed by atoms with E-state index in [1.807, 2.05) is 6.08 Å². The van der Waals surface area contributed by atoms with Crippen LogP contribution < -0.4 is 5.32 Å². The van der Waals surface area contributed by atoms with Crippen molar-refractivity contribution in [3.8, 4) is 0 Å². The van der Waals surface area contributed by atoms with Gasteiger partial charge in [-0.05, 0) is 77.0 Å². The third-order valence-electron chi connectivity index (χ3n) is 14.3. The summed E-state index contributed by atoms with van der Waals surface area (Å²) in [4.78, 5) is 24.5. The van der Waals surface area contributed by atoms with E-state index in [0.29, 0.717) is 19.4 Å². The molecule has 0 radical (unpaired) electrons.